The normalized spacial score (nSPS) is 34.2. The molecule has 2 rings (SSSR count). The van der Waals surface area contributed by atoms with E-state index in [0.29, 0.717) is 0 Å². The molecule has 1 fully saturated rings. The summed E-state index contributed by atoms with van der Waals surface area (Å²) >= 11 is 6.19. The fourth-order valence-corrected chi connectivity index (χ4v) is 2.56. The van der Waals surface area contributed by atoms with Crippen LogP contribution in [0.5, 0.6) is 0 Å². The van der Waals surface area contributed by atoms with Gasteiger partial charge in [0.15, 0.2) is 0 Å². The van der Waals surface area contributed by atoms with Gasteiger partial charge in [0.2, 0.25) is 0 Å². The maximum atomic E-state index is 11.3. The zero-order valence-corrected chi connectivity index (χ0v) is 8.43. The first-order valence-electron chi connectivity index (χ1n) is 4.76. The summed E-state index contributed by atoms with van der Waals surface area (Å²) < 4.78 is 5.23. The molecule has 0 spiro atoms. The molecule has 1 heterocycles. The highest BCUT2D eigenvalue weighted by Crippen LogP contribution is 2.35. The molecule has 1 aliphatic carbocycles. The highest BCUT2D eigenvalue weighted by molar-refractivity contribution is 6.23. The Labute approximate surface area is 82.9 Å². The Morgan fingerprint density at radius 3 is 2.85 bits per heavy atom. The average molecular weight is 201 g/mol. The molecule has 0 saturated heterocycles. The van der Waals surface area contributed by atoms with Crippen molar-refractivity contribution in [2.24, 2.45) is 0 Å². The minimum atomic E-state index is -0.174. The van der Waals surface area contributed by atoms with E-state index in [2.05, 4.69) is 0 Å². The molecule has 0 bridgehead atoms. The molecule has 3 heteroatoms. The molecule has 0 unspecified atom stereocenters. The van der Waals surface area contributed by atoms with Crippen LogP contribution in [-0.2, 0) is 9.53 Å². The van der Waals surface area contributed by atoms with Crippen LogP contribution in [0, 0.1) is 0 Å². The first-order chi connectivity index (χ1) is 6.20. The summed E-state index contributed by atoms with van der Waals surface area (Å²) in [5.41, 5.74) is 1.79. The quantitative estimate of drug-likeness (QED) is 0.444. The zero-order valence-electron chi connectivity index (χ0n) is 7.68. The SMILES string of the molecule is CC1=C2[C@H](CCCC[C@@H]2Cl)OC1=O. The van der Waals surface area contributed by atoms with Crippen molar-refractivity contribution >= 4 is 17.6 Å². The van der Waals surface area contributed by atoms with Gasteiger partial charge in [-0.3, -0.25) is 0 Å². The number of fused-ring (bicyclic) bond motifs is 1. The topological polar surface area (TPSA) is 26.3 Å². The lowest BCUT2D eigenvalue weighted by Crippen LogP contribution is -2.14. The number of esters is 1. The molecule has 2 aliphatic rings. The second-order valence-electron chi connectivity index (χ2n) is 3.73. The van der Waals surface area contributed by atoms with E-state index in [0.717, 1.165) is 36.8 Å². The lowest BCUT2D eigenvalue weighted by molar-refractivity contribution is -0.139. The Hall–Kier alpha value is -0.500. The van der Waals surface area contributed by atoms with E-state index in [-0.39, 0.29) is 17.5 Å². The number of carbonyl (C=O) groups is 1. The van der Waals surface area contributed by atoms with Gasteiger partial charge in [0, 0.05) is 5.57 Å². The lowest BCUT2D eigenvalue weighted by atomic mass is 10.0. The summed E-state index contributed by atoms with van der Waals surface area (Å²) in [6.07, 6.45) is 4.15. The average Bonchev–Trinajstić information content (AvgIpc) is 2.29. The van der Waals surface area contributed by atoms with E-state index in [4.69, 9.17) is 16.3 Å². The molecule has 72 valence electrons. The standard InChI is InChI=1S/C10H13ClO2/c1-6-9-7(11)4-2-3-5-8(9)13-10(6)12/h7-8H,2-5H2,1H3/t7-,8-/m0/s1. The van der Waals surface area contributed by atoms with Gasteiger partial charge in [-0.05, 0) is 31.8 Å². The molecule has 13 heavy (non-hydrogen) atoms. The van der Waals surface area contributed by atoms with Crippen LogP contribution < -0.4 is 0 Å². The molecule has 0 N–H and O–H groups in total. The molecule has 2 nitrogen and oxygen atoms in total. The Morgan fingerprint density at radius 2 is 2.08 bits per heavy atom. The molecule has 0 amide bonds. The zero-order chi connectivity index (χ0) is 9.42. The molecule has 0 aromatic carbocycles. The van der Waals surface area contributed by atoms with Gasteiger partial charge in [-0.25, -0.2) is 4.79 Å². The third-order valence-corrected chi connectivity index (χ3v) is 3.30. The van der Waals surface area contributed by atoms with Crippen molar-refractivity contribution in [3.8, 4) is 0 Å². The summed E-state index contributed by atoms with van der Waals surface area (Å²) in [4.78, 5) is 11.3. The van der Waals surface area contributed by atoms with Crippen LogP contribution in [0.1, 0.15) is 32.6 Å². The van der Waals surface area contributed by atoms with Gasteiger partial charge < -0.3 is 4.74 Å². The van der Waals surface area contributed by atoms with Crippen LogP contribution in [0.15, 0.2) is 11.1 Å². The second-order valence-corrected chi connectivity index (χ2v) is 4.25. The molecule has 2 atom stereocenters. The third kappa shape index (κ3) is 1.48. The van der Waals surface area contributed by atoms with Crippen molar-refractivity contribution in [1.82, 2.24) is 0 Å². The molecular formula is C10H13ClO2. The van der Waals surface area contributed by atoms with Crippen molar-refractivity contribution in [2.45, 2.75) is 44.1 Å². The van der Waals surface area contributed by atoms with Gasteiger partial charge in [-0.2, -0.15) is 0 Å². The van der Waals surface area contributed by atoms with Crippen molar-refractivity contribution in [3.05, 3.63) is 11.1 Å². The van der Waals surface area contributed by atoms with Crippen LogP contribution in [-0.4, -0.2) is 17.5 Å². The predicted octanol–water partition coefficient (Wildman–Crippen LogP) is 2.41. The Kier molecular flexibility index (Phi) is 2.33. The molecule has 0 radical (unpaired) electrons. The number of hydrogen-bond donors (Lipinski definition) is 0. The molecule has 0 aromatic rings. The summed E-state index contributed by atoms with van der Waals surface area (Å²) in [7, 11) is 0. The van der Waals surface area contributed by atoms with Crippen LogP contribution in [0.4, 0.5) is 0 Å². The predicted molar refractivity (Wildman–Crippen MR) is 50.7 cm³/mol. The number of alkyl halides is 1. The van der Waals surface area contributed by atoms with Gasteiger partial charge in [-0.1, -0.05) is 6.42 Å². The minimum absolute atomic E-state index is 0.0129. The fraction of sp³-hybridized carbons (Fsp3) is 0.700. The van der Waals surface area contributed by atoms with Crippen LogP contribution >= 0.6 is 11.6 Å². The van der Waals surface area contributed by atoms with Gasteiger partial charge in [-0.15, -0.1) is 11.6 Å². The van der Waals surface area contributed by atoms with Crippen molar-refractivity contribution in [2.75, 3.05) is 0 Å². The third-order valence-electron chi connectivity index (χ3n) is 2.85. The molecule has 0 aromatic heterocycles. The smallest absolute Gasteiger partial charge is 0.334 e. The molecule has 1 aliphatic heterocycles. The highest BCUT2D eigenvalue weighted by atomic mass is 35.5. The van der Waals surface area contributed by atoms with Gasteiger partial charge in [0.25, 0.3) is 0 Å². The number of halogens is 1. The monoisotopic (exact) mass is 200 g/mol. The minimum Gasteiger partial charge on any atom is -0.454 e. The highest BCUT2D eigenvalue weighted by Gasteiger charge is 2.36. The van der Waals surface area contributed by atoms with E-state index in [1.807, 2.05) is 6.92 Å². The van der Waals surface area contributed by atoms with E-state index in [1.165, 1.54) is 0 Å². The summed E-state index contributed by atoms with van der Waals surface area (Å²) in [6.45, 7) is 1.82. The number of hydrogen-bond acceptors (Lipinski definition) is 2. The molecular weight excluding hydrogens is 188 g/mol. The summed E-state index contributed by atoms with van der Waals surface area (Å²) in [5.74, 6) is -0.174. The van der Waals surface area contributed by atoms with E-state index in [1.54, 1.807) is 0 Å². The second kappa shape index (κ2) is 3.33. The summed E-state index contributed by atoms with van der Waals surface area (Å²) in [6, 6.07) is 0. The van der Waals surface area contributed by atoms with E-state index < -0.39 is 0 Å². The van der Waals surface area contributed by atoms with Crippen molar-refractivity contribution < 1.29 is 9.53 Å². The number of carbonyl (C=O) groups excluding carboxylic acids is 1. The first kappa shape index (κ1) is 9.07. The van der Waals surface area contributed by atoms with Gasteiger partial charge in [0.1, 0.15) is 6.10 Å². The maximum Gasteiger partial charge on any atom is 0.334 e. The van der Waals surface area contributed by atoms with Crippen molar-refractivity contribution in [1.29, 1.82) is 0 Å². The number of ether oxygens (including phenoxy) is 1. The first-order valence-corrected chi connectivity index (χ1v) is 5.19. The summed E-state index contributed by atoms with van der Waals surface area (Å²) in [5, 5.41) is 0.0129. The lowest BCUT2D eigenvalue weighted by Gasteiger charge is -2.13. The van der Waals surface area contributed by atoms with Crippen LogP contribution in [0.3, 0.4) is 0 Å². The Bertz CT molecular complexity index is 270. The van der Waals surface area contributed by atoms with Gasteiger partial charge >= 0.3 is 5.97 Å². The van der Waals surface area contributed by atoms with Crippen LogP contribution in [0.25, 0.3) is 0 Å². The largest absolute Gasteiger partial charge is 0.454 e. The van der Waals surface area contributed by atoms with Crippen molar-refractivity contribution in [3.63, 3.8) is 0 Å². The van der Waals surface area contributed by atoms with Gasteiger partial charge in [0.05, 0.1) is 5.38 Å². The Morgan fingerprint density at radius 1 is 1.38 bits per heavy atom. The van der Waals surface area contributed by atoms with E-state index >= 15 is 0 Å². The fourth-order valence-electron chi connectivity index (χ4n) is 2.10. The maximum absolute atomic E-state index is 11.3. The van der Waals surface area contributed by atoms with Crippen LogP contribution in [0.2, 0.25) is 0 Å². The number of rotatable bonds is 0. The Balaban J connectivity index is 2.33. The molecule has 1 saturated carbocycles. The van der Waals surface area contributed by atoms with E-state index in [9.17, 15) is 4.79 Å².